The van der Waals surface area contributed by atoms with Gasteiger partial charge in [-0.1, -0.05) is 17.7 Å². The van der Waals surface area contributed by atoms with Crippen LogP contribution in [-0.4, -0.2) is 32.9 Å². The Bertz CT molecular complexity index is 1380. The number of nitro groups is 1. The van der Waals surface area contributed by atoms with Crippen LogP contribution in [0, 0.1) is 21.4 Å². The number of benzene rings is 2. The quantitative estimate of drug-likeness (QED) is 0.262. The SMILES string of the molecule is C[C@@]1(COc2ccc(-n3cc(COc4ccc(OC(F)(F)F)cc4)nn3)cc2)CC2=CC([N+](=O)[O-])=CC2C1. The number of halogens is 3. The average molecular weight is 528 g/mol. The third-order valence-electron chi connectivity index (χ3n) is 6.41. The van der Waals surface area contributed by atoms with Crippen molar-refractivity contribution in [1.29, 1.82) is 0 Å². The molecule has 1 unspecified atom stereocenters. The zero-order valence-corrected chi connectivity index (χ0v) is 20.2. The molecule has 12 heteroatoms. The monoisotopic (exact) mass is 528 g/mol. The summed E-state index contributed by atoms with van der Waals surface area (Å²) in [5, 5.41) is 19.2. The maximum absolute atomic E-state index is 12.3. The van der Waals surface area contributed by atoms with Crippen molar-refractivity contribution in [2.45, 2.75) is 32.7 Å². The highest BCUT2D eigenvalue weighted by Crippen LogP contribution is 2.49. The minimum absolute atomic E-state index is 0.0784. The van der Waals surface area contributed by atoms with Gasteiger partial charge < -0.3 is 14.2 Å². The van der Waals surface area contributed by atoms with E-state index in [0.29, 0.717) is 23.8 Å². The van der Waals surface area contributed by atoms with E-state index in [-0.39, 0.29) is 34.3 Å². The van der Waals surface area contributed by atoms with E-state index in [2.05, 4.69) is 22.0 Å². The highest BCUT2D eigenvalue weighted by atomic mass is 19.4. The minimum atomic E-state index is -4.75. The Morgan fingerprint density at radius 1 is 1.08 bits per heavy atom. The molecule has 3 aromatic rings. The Kier molecular flexibility index (Phi) is 6.55. The number of nitrogens with zero attached hydrogens (tertiary/aromatic N) is 4. The molecule has 0 amide bonds. The summed E-state index contributed by atoms with van der Waals surface area (Å²) in [5.74, 6) is 0.841. The van der Waals surface area contributed by atoms with E-state index in [1.807, 2.05) is 24.3 Å². The summed E-state index contributed by atoms with van der Waals surface area (Å²) in [4.78, 5) is 10.6. The molecule has 9 nitrogen and oxygen atoms in total. The summed E-state index contributed by atoms with van der Waals surface area (Å²) in [5.41, 5.74) is 2.47. The second kappa shape index (κ2) is 9.84. The lowest BCUT2D eigenvalue weighted by molar-refractivity contribution is -0.419. The lowest BCUT2D eigenvalue weighted by atomic mass is 9.88. The summed E-state index contributed by atoms with van der Waals surface area (Å²) in [7, 11) is 0. The van der Waals surface area contributed by atoms with E-state index in [1.165, 1.54) is 24.3 Å². The van der Waals surface area contributed by atoms with Gasteiger partial charge in [-0.15, -0.1) is 18.3 Å². The first-order valence-electron chi connectivity index (χ1n) is 11.8. The lowest BCUT2D eigenvalue weighted by Crippen LogP contribution is -2.22. The van der Waals surface area contributed by atoms with Crippen LogP contribution in [0.4, 0.5) is 13.2 Å². The van der Waals surface area contributed by atoms with Crippen LogP contribution in [-0.2, 0) is 6.61 Å². The Balaban J connectivity index is 1.12. The molecule has 38 heavy (non-hydrogen) atoms. The third-order valence-corrected chi connectivity index (χ3v) is 6.41. The van der Waals surface area contributed by atoms with E-state index >= 15 is 0 Å². The first kappa shape index (κ1) is 25.3. The normalized spacial score (nSPS) is 20.5. The van der Waals surface area contributed by atoms with Gasteiger partial charge in [-0.2, -0.15) is 0 Å². The summed E-state index contributed by atoms with van der Waals surface area (Å²) in [6.07, 6.45) is 1.93. The van der Waals surface area contributed by atoms with Gasteiger partial charge in [0.25, 0.3) is 5.70 Å². The Hall–Kier alpha value is -4.35. The Labute approximate surface area is 215 Å². The van der Waals surface area contributed by atoms with Crippen LogP contribution in [0.3, 0.4) is 0 Å². The van der Waals surface area contributed by atoms with E-state index < -0.39 is 6.36 Å². The number of alkyl halides is 3. The topological polar surface area (TPSA) is 102 Å². The zero-order valence-electron chi connectivity index (χ0n) is 20.2. The molecule has 1 fully saturated rings. The molecular weight excluding hydrogens is 505 g/mol. The minimum Gasteiger partial charge on any atom is -0.493 e. The smallest absolute Gasteiger partial charge is 0.493 e. The molecule has 2 aliphatic carbocycles. The van der Waals surface area contributed by atoms with Crippen molar-refractivity contribution in [1.82, 2.24) is 15.0 Å². The van der Waals surface area contributed by atoms with Crippen LogP contribution in [0.2, 0.25) is 0 Å². The predicted molar refractivity (Wildman–Crippen MR) is 128 cm³/mol. The van der Waals surface area contributed by atoms with Crippen LogP contribution < -0.4 is 14.2 Å². The molecule has 0 saturated heterocycles. The molecule has 0 spiro atoms. The van der Waals surface area contributed by atoms with E-state index in [1.54, 1.807) is 23.0 Å². The lowest BCUT2D eigenvalue weighted by Gasteiger charge is -2.24. The molecule has 5 rings (SSSR count). The summed E-state index contributed by atoms with van der Waals surface area (Å²) in [6.45, 7) is 2.70. The number of allylic oxidation sites excluding steroid dienone is 3. The standard InChI is InChI=1S/C26H23F3N4O5/c1-25(12-17-10-21(33(34)35)11-18(17)13-25)16-37-23-4-2-20(3-5-23)32-14-19(30-31-32)15-36-22-6-8-24(9-7-22)38-26(27,28)29/h2-11,14,17H,12-13,15-16H2,1H3/t17?,25-/m0/s1. The number of rotatable bonds is 9. The molecule has 198 valence electrons. The van der Waals surface area contributed by atoms with Gasteiger partial charge in [0.05, 0.1) is 23.4 Å². The Morgan fingerprint density at radius 3 is 2.39 bits per heavy atom. The van der Waals surface area contributed by atoms with Crippen LogP contribution >= 0.6 is 0 Å². The zero-order chi connectivity index (χ0) is 26.9. The second-order valence-corrected chi connectivity index (χ2v) is 9.61. The van der Waals surface area contributed by atoms with Gasteiger partial charge in [0.1, 0.15) is 29.5 Å². The van der Waals surface area contributed by atoms with E-state index in [9.17, 15) is 23.3 Å². The molecule has 0 aliphatic heterocycles. The maximum Gasteiger partial charge on any atom is 0.573 e. The molecule has 2 aromatic carbocycles. The molecule has 0 radical (unpaired) electrons. The molecule has 2 aliphatic rings. The fourth-order valence-corrected chi connectivity index (χ4v) is 4.69. The van der Waals surface area contributed by atoms with Gasteiger partial charge in [0.2, 0.25) is 0 Å². The second-order valence-electron chi connectivity index (χ2n) is 9.61. The molecule has 0 N–H and O–H groups in total. The highest BCUT2D eigenvalue weighted by Gasteiger charge is 2.42. The van der Waals surface area contributed by atoms with Crippen molar-refractivity contribution in [3.63, 3.8) is 0 Å². The van der Waals surface area contributed by atoms with Crippen LogP contribution in [0.1, 0.15) is 25.5 Å². The van der Waals surface area contributed by atoms with Gasteiger partial charge in [-0.25, -0.2) is 4.68 Å². The fraction of sp³-hybridized carbons (Fsp3) is 0.308. The van der Waals surface area contributed by atoms with Gasteiger partial charge in [0.15, 0.2) is 0 Å². The molecule has 2 atom stereocenters. The van der Waals surface area contributed by atoms with Crippen LogP contribution in [0.15, 0.2) is 78.1 Å². The van der Waals surface area contributed by atoms with Crippen molar-refractivity contribution >= 4 is 0 Å². The van der Waals surface area contributed by atoms with Gasteiger partial charge in [0, 0.05) is 23.5 Å². The molecule has 0 bridgehead atoms. The number of fused-ring (bicyclic) bond motifs is 1. The number of aromatic nitrogens is 3. The summed E-state index contributed by atoms with van der Waals surface area (Å²) < 4.78 is 53.8. The highest BCUT2D eigenvalue weighted by molar-refractivity contribution is 5.38. The largest absolute Gasteiger partial charge is 0.573 e. The van der Waals surface area contributed by atoms with Gasteiger partial charge in [-0.05, 0) is 61.4 Å². The van der Waals surface area contributed by atoms with Gasteiger partial charge >= 0.3 is 6.36 Å². The maximum atomic E-state index is 12.3. The summed E-state index contributed by atoms with van der Waals surface area (Å²) >= 11 is 0. The number of ether oxygens (including phenoxy) is 3. The average Bonchev–Trinajstić information content (AvgIpc) is 3.56. The van der Waals surface area contributed by atoms with Crippen molar-refractivity contribution in [2.75, 3.05) is 6.61 Å². The van der Waals surface area contributed by atoms with Crippen molar-refractivity contribution in [2.24, 2.45) is 11.3 Å². The van der Waals surface area contributed by atoms with Crippen molar-refractivity contribution < 1.29 is 32.3 Å². The van der Waals surface area contributed by atoms with Crippen LogP contribution in [0.5, 0.6) is 17.2 Å². The van der Waals surface area contributed by atoms with E-state index in [4.69, 9.17) is 9.47 Å². The first-order valence-corrected chi connectivity index (χ1v) is 11.8. The van der Waals surface area contributed by atoms with Crippen LogP contribution in [0.25, 0.3) is 5.69 Å². The molecular formula is C26H23F3N4O5. The first-order chi connectivity index (χ1) is 18.1. The predicted octanol–water partition coefficient (Wildman–Crippen LogP) is 5.64. The molecule has 1 heterocycles. The number of hydrogen-bond acceptors (Lipinski definition) is 7. The third kappa shape index (κ3) is 5.96. The summed E-state index contributed by atoms with van der Waals surface area (Å²) in [6, 6.07) is 12.4. The van der Waals surface area contributed by atoms with Crippen molar-refractivity contribution in [3.05, 3.63) is 94.0 Å². The number of hydrogen-bond donors (Lipinski definition) is 0. The molecule has 1 saturated carbocycles. The molecule has 1 aromatic heterocycles. The van der Waals surface area contributed by atoms with Gasteiger partial charge in [-0.3, -0.25) is 10.1 Å². The van der Waals surface area contributed by atoms with E-state index in [0.717, 1.165) is 24.1 Å². The fourth-order valence-electron chi connectivity index (χ4n) is 4.69. The van der Waals surface area contributed by atoms with Crippen molar-refractivity contribution in [3.8, 4) is 22.9 Å². The Morgan fingerprint density at radius 2 is 1.74 bits per heavy atom.